The van der Waals surface area contributed by atoms with Gasteiger partial charge in [0.2, 0.25) is 0 Å². The van der Waals surface area contributed by atoms with E-state index in [1.165, 1.54) is 24.3 Å². The number of Topliss-reactive ketones (excluding diaryl/α,β-unsaturated/α-hetero) is 1. The van der Waals surface area contributed by atoms with Crippen LogP contribution < -0.4 is 0 Å². The number of aryl methyl sites for hydroxylation is 2. The highest BCUT2D eigenvalue weighted by molar-refractivity contribution is 6.34. The molecule has 1 unspecified atom stereocenters. The highest BCUT2D eigenvalue weighted by Gasteiger charge is 2.39. The lowest BCUT2D eigenvalue weighted by Crippen LogP contribution is -2.18. The van der Waals surface area contributed by atoms with Gasteiger partial charge in [0.15, 0.2) is 5.78 Å². The molecule has 3 aromatic carbocycles. The third-order valence-corrected chi connectivity index (χ3v) is 5.55. The summed E-state index contributed by atoms with van der Waals surface area (Å²) in [5, 5.41) is 0.286. The number of carbonyl (C=O) groups excluding carboxylic acids is 1. The van der Waals surface area contributed by atoms with Crippen molar-refractivity contribution in [3.05, 3.63) is 111 Å². The Bertz CT molecular complexity index is 1100. The maximum Gasteiger partial charge on any atom is 0.399 e. The molecule has 0 heterocycles. The predicted molar refractivity (Wildman–Crippen MR) is 125 cm³/mol. The minimum Gasteiger partial charge on any atom is -0.294 e. The summed E-state index contributed by atoms with van der Waals surface area (Å²) in [6, 6.07) is 18.7. The molecule has 0 N–H and O–H groups in total. The van der Waals surface area contributed by atoms with E-state index in [2.05, 4.69) is 0 Å². The van der Waals surface area contributed by atoms with Crippen molar-refractivity contribution in [3.8, 4) is 0 Å². The predicted octanol–water partition coefficient (Wildman–Crippen LogP) is 8.48. The number of rotatable bonds is 7. The van der Waals surface area contributed by atoms with Crippen LogP contribution in [0.5, 0.6) is 0 Å². The number of benzene rings is 3. The van der Waals surface area contributed by atoms with Gasteiger partial charge in [-0.05, 0) is 53.8 Å². The van der Waals surface area contributed by atoms with Gasteiger partial charge in [-0.3, -0.25) is 4.79 Å². The van der Waals surface area contributed by atoms with Crippen LogP contribution in [0, 0.1) is 6.92 Å². The number of hydrogen-bond acceptors (Lipinski definition) is 1. The first-order valence-corrected chi connectivity index (χ1v) is 10.8. The average Bonchev–Trinajstić information content (AvgIpc) is 2.71. The van der Waals surface area contributed by atoms with Gasteiger partial charge in [0.05, 0.1) is 5.92 Å². The van der Waals surface area contributed by atoms with Gasteiger partial charge in [0.25, 0.3) is 0 Å². The Morgan fingerprint density at radius 1 is 0.969 bits per heavy atom. The van der Waals surface area contributed by atoms with E-state index in [-0.39, 0.29) is 21.4 Å². The van der Waals surface area contributed by atoms with Crippen molar-refractivity contribution < 1.29 is 18.0 Å². The standard InChI is InChI=1S/C26H21Cl2F3O/c1-17-13-19(7-10-23(17)25(32)12-9-18-5-3-2-4-6-18)8-11-24(26(29,30)31)20-14-21(27)16-22(28)15-20/h2-8,10-11,13-16,24H,9,12H2,1H3/b11-8+. The van der Waals surface area contributed by atoms with E-state index >= 15 is 0 Å². The molecule has 1 nitrogen and oxygen atoms in total. The Morgan fingerprint density at radius 3 is 2.22 bits per heavy atom. The first kappa shape index (κ1) is 24.1. The summed E-state index contributed by atoms with van der Waals surface area (Å²) in [7, 11) is 0. The van der Waals surface area contributed by atoms with Crippen molar-refractivity contribution in [2.45, 2.75) is 31.9 Å². The van der Waals surface area contributed by atoms with Gasteiger partial charge >= 0.3 is 6.18 Å². The average molecular weight is 477 g/mol. The number of halogens is 5. The maximum atomic E-state index is 13.7. The smallest absolute Gasteiger partial charge is 0.294 e. The molecular formula is C26H21Cl2F3O. The van der Waals surface area contributed by atoms with Crippen LogP contribution in [0.25, 0.3) is 6.08 Å². The lowest BCUT2D eigenvalue weighted by atomic mass is 9.95. The van der Waals surface area contributed by atoms with Gasteiger partial charge in [-0.25, -0.2) is 0 Å². The van der Waals surface area contributed by atoms with E-state index in [0.29, 0.717) is 24.0 Å². The molecule has 0 radical (unpaired) electrons. The largest absolute Gasteiger partial charge is 0.399 e. The first-order chi connectivity index (χ1) is 15.1. The van der Waals surface area contributed by atoms with E-state index in [4.69, 9.17) is 23.2 Å². The highest BCUT2D eigenvalue weighted by atomic mass is 35.5. The summed E-state index contributed by atoms with van der Waals surface area (Å²) in [6.07, 6.45) is -1.03. The van der Waals surface area contributed by atoms with E-state index in [1.54, 1.807) is 25.1 Å². The van der Waals surface area contributed by atoms with Crippen LogP contribution in [0.3, 0.4) is 0 Å². The molecule has 0 fully saturated rings. The van der Waals surface area contributed by atoms with Gasteiger partial charge in [-0.1, -0.05) is 83.9 Å². The van der Waals surface area contributed by atoms with E-state index in [0.717, 1.165) is 17.2 Å². The topological polar surface area (TPSA) is 17.1 Å². The minimum absolute atomic E-state index is 0.00335. The van der Waals surface area contributed by atoms with E-state index in [9.17, 15) is 18.0 Å². The SMILES string of the molecule is Cc1cc(/C=C/C(c2cc(Cl)cc(Cl)c2)C(F)(F)F)ccc1C(=O)CCc1ccccc1. The van der Waals surface area contributed by atoms with Crippen LogP contribution in [0.15, 0.2) is 72.8 Å². The van der Waals surface area contributed by atoms with Crippen molar-refractivity contribution >= 4 is 35.1 Å². The lowest BCUT2D eigenvalue weighted by Gasteiger charge is -2.18. The summed E-state index contributed by atoms with van der Waals surface area (Å²) in [4.78, 5) is 12.6. The fraction of sp³-hybridized carbons (Fsp3) is 0.192. The Morgan fingerprint density at radius 2 is 1.62 bits per heavy atom. The zero-order valence-corrected chi connectivity index (χ0v) is 18.8. The molecule has 3 rings (SSSR count). The van der Waals surface area contributed by atoms with Gasteiger partial charge < -0.3 is 0 Å². The van der Waals surface area contributed by atoms with Crippen LogP contribution in [0.4, 0.5) is 13.2 Å². The van der Waals surface area contributed by atoms with Crippen molar-refractivity contribution in [2.75, 3.05) is 0 Å². The van der Waals surface area contributed by atoms with Crippen LogP contribution in [-0.4, -0.2) is 12.0 Å². The van der Waals surface area contributed by atoms with Gasteiger partial charge in [0.1, 0.15) is 0 Å². The normalized spacial score (nSPS) is 12.8. The summed E-state index contributed by atoms with van der Waals surface area (Å²) >= 11 is 11.8. The van der Waals surface area contributed by atoms with Crippen LogP contribution in [0.2, 0.25) is 10.0 Å². The molecule has 0 amide bonds. The Kier molecular flexibility index (Phi) is 7.81. The first-order valence-electron chi connectivity index (χ1n) is 10.0. The fourth-order valence-electron chi connectivity index (χ4n) is 3.51. The lowest BCUT2D eigenvalue weighted by molar-refractivity contribution is -0.139. The van der Waals surface area contributed by atoms with Crippen molar-refractivity contribution in [1.82, 2.24) is 0 Å². The molecule has 0 saturated heterocycles. The molecule has 0 spiro atoms. The molecule has 0 aliphatic heterocycles. The van der Waals surface area contributed by atoms with Crippen molar-refractivity contribution in [1.29, 1.82) is 0 Å². The van der Waals surface area contributed by atoms with Crippen LogP contribution in [0.1, 0.15) is 45.0 Å². The summed E-state index contributed by atoms with van der Waals surface area (Å²) < 4.78 is 41.0. The minimum atomic E-state index is -4.51. The monoisotopic (exact) mass is 476 g/mol. The summed E-state index contributed by atoms with van der Waals surface area (Å²) in [5.41, 5.74) is 2.92. The third-order valence-electron chi connectivity index (χ3n) is 5.11. The molecule has 166 valence electrons. The second-order valence-corrected chi connectivity index (χ2v) is 8.44. The third kappa shape index (κ3) is 6.47. The molecule has 0 aliphatic rings. The Balaban J connectivity index is 1.77. The van der Waals surface area contributed by atoms with Gasteiger partial charge in [-0.15, -0.1) is 0 Å². The number of alkyl halides is 3. The van der Waals surface area contributed by atoms with E-state index < -0.39 is 12.1 Å². The number of hydrogen-bond donors (Lipinski definition) is 0. The number of ketones is 1. The molecule has 6 heteroatoms. The second-order valence-electron chi connectivity index (χ2n) is 7.56. The van der Waals surface area contributed by atoms with Gasteiger partial charge in [-0.2, -0.15) is 13.2 Å². The Hall–Kier alpha value is -2.56. The van der Waals surface area contributed by atoms with Crippen molar-refractivity contribution in [3.63, 3.8) is 0 Å². The van der Waals surface area contributed by atoms with Gasteiger partial charge in [0, 0.05) is 22.0 Å². The number of allylic oxidation sites excluding steroid dienone is 1. The molecule has 0 aliphatic carbocycles. The molecule has 32 heavy (non-hydrogen) atoms. The maximum absolute atomic E-state index is 13.7. The summed E-state index contributed by atoms with van der Waals surface area (Å²) in [6.45, 7) is 1.78. The molecule has 1 atom stereocenters. The van der Waals surface area contributed by atoms with Crippen LogP contribution in [-0.2, 0) is 6.42 Å². The molecule has 0 aromatic heterocycles. The zero-order chi connectivity index (χ0) is 23.3. The van der Waals surface area contributed by atoms with Crippen LogP contribution >= 0.6 is 23.2 Å². The number of carbonyl (C=O) groups is 1. The molecule has 3 aromatic rings. The Labute approximate surface area is 195 Å². The quantitative estimate of drug-likeness (QED) is 0.312. The fourth-order valence-corrected chi connectivity index (χ4v) is 4.05. The van der Waals surface area contributed by atoms with E-state index in [1.807, 2.05) is 30.3 Å². The summed E-state index contributed by atoms with van der Waals surface area (Å²) in [5.74, 6) is -1.85. The zero-order valence-electron chi connectivity index (χ0n) is 17.3. The highest BCUT2D eigenvalue weighted by Crippen LogP contribution is 2.38. The van der Waals surface area contributed by atoms with Crippen molar-refractivity contribution in [2.24, 2.45) is 0 Å². The molecule has 0 saturated carbocycles. The molecular weight excluding hydrogens is 456 g/mol. The molecule has 0 bridgehead atoms. The second kappa shape index (κ2) is 10.4.